The number of ether oxygens (including phenoxy) is 2. The molecule has 0 aliphatic carbocycles. The molecule has 1 heterocycles. The number of aromatic amines is 1. The van der Waals surface area contributed by atoms with Crippen LogP contribution in [0.5, 0.6) is 0 Å². The molecule has 1 atom stereocenters. The van der Waals surface area contributed by atoms with Crippen LogP contribution in [-0.2, 0) is 16.5 Å². The Kier molecular flexibility index (Phi) is 3.26. The minimum atomic E-state index is -0.610. The minimum absolute atomic E-state index is 0.191. The number of aromatic nitrogens is 3. The van der Waals surface area contributed by atoms with Crippen molar-refractivity contribution in [2.24, 2.45) is 7.05 Å². The molecule has 80 valence electrons. The van der Waals surface area contributed by atoms with Crippen LogP contribution in [0.25, 0.3) is 0 Å². The second kappa shape index (κ2) is 4.25. The van der Waals surface area contributed by atoms with Gasteiger partial charge in [-0.3, -0.25) is 0 Å². The second-order valence-electron chi connectivity index (χ2n) is 2.77. The van der Waals surface area contributed by atoms with Crippen LogP contribution in [0.1, 0.15) is 6.23 Å². The molecule has 1 aromatic rings. The Hall–Kier alpha value is -1.34. The molecule has 0 aliphatic heterocycles. The minimum Gasteiger partial charge on any atom is -0.380 e. The Bertz CT molecular complexity index is 402. The molecule has 1 rings (SSSR count). The van der Waals surface area contributed by atoms with Gasteiger partial charge in [0.05, 0.1) is 6.61 Å². The first-order valence-electron chi connectivity index (χ1n) is 4.01. The molecule has 1 unspecified atom stereocenters. The number of rotatable bonds is 4. The summed E-state index contributed by atoms with van der Waals surface area (Å²) in [4.78, 5) is 22.5. The van der Waals surface area contributed by atoms with Gasteiger partial charge in [-0.1, -0.05) is 0 Å². The van der Waals surface area contributed by atoms with Crippen LogP contribution in [0.3, 0.4) is 0 Å². The van der Waals surface area contributed by atoms with Crippen LogP contribution < -0.4 is 11.4 Å². The van der Waals surface area contributed by atoms with Gasteiger partial charge in [0.25, 0.3) is 0 Å². The lowest BCUT2D eigenvalue weighted by atomic mass is 10.6. The summed E-state index contributed by atoms with van der Waals surface area (Å²) >= 11 is 0. The first kappa shape index (κ1) is 10.7. The van der Waals surface area contributed by atoms with Crippen LogP contribution in [0, 0.1) is 0 Å². The van der Waals surface area contributed by atoms with Gasteiger partial charge in [0.15, 0.2) is 6.23 Å². The molecule has 0 saturated carbocycles. The van der Waals surface area contributed by atoms with Crippen LogP contribution in [-0.4, -0.2) is 35.2 Å². The summed E-state index contributed by atoms with van der Waals surface area (Å²) in [6, 6.07) is 0. The van der Waals surface area contributed by atoms with Crippen molar-refractivity contribution < 1.29 is 9.47 Å². The fourth-order valence-corrected chi connectivity index (χ4v) is 1.06. The van der Waals surface area contributed by atoms with Gasteiger partial charge in [0, 0.05) is 21.3 Å². The van der Waals surface area contributed by atoms with Gasteiger partial charge >= 0.3 is 11.4 Å². The van der Waals surface area contributed by atoms with Gasteiger partial charge in [0.1, 0.15) is 0 Å². The summed E-state index contributed by atoms with van der Waals surface area (Å²) in [5.74, 6) is 0. The highest BCUT2D eigenvalue weighted by molar-refractivity contribution is 4.69. The zero-order chi connectivity index (χ0) is 10.7. The Balaban J connectivity index is 3.11. The monoisotopic (exact) mass is 203 g/mol. The zero-order valence-corrected chi connectivity index (χ0v) is 8.31. The van der Waals surface area contributed by atoms with Gasteiger partial charge in [-0.2, -0.15) is 0 Å². The third-order valence-electron chi connectivity index (χ3n) is 1.88. The molecule has 7 nitrogen and oxygen atoms in total. The molecule has 0 bridgehead atoms. The van der Waals surface area contributed by atoms with Crippen molar-refractivity contribution in [1.82, 2.24) is 14.3 Å². The van der Waals surface area contributed by atoms with E-state index in [0.717, 1.165) is 9.25 Å². The molecule has 0 aliphatic rings. The molecular weight excluding hydrogens is 190 g/mol. The van der Waals surface area contributed by atoms with Gasteiger partial charge in [-0.05, 0) is 0 Å². The molecule has 0 fully saturated rings. The zero-order valence-electron chi connectivity index (χ0n) is 8.31. The number of methoxy groups -OCH3 is 2. The largest absolute Gasteiger partial charge is 0.380 e. The lowest BCUT2D eigenvalue weighted by Gasteiger charge is -2.13. The van der Waals surface area contributed by atoms with E-state index in [-0.39, 0.29) is 6.61 Å². The highest BCUT2D eigenvalue weighted by atomic mass is 16.5. The molecule has 0 amide bonds. The van der Waals surface area contributed by atoms with E-state index in [1.165, 1.54) is 21.3 Å². The maximum Gasteiger partial charge on any atom is 0.349 e. The van der Waals surface area contributed by atoms with Crippen LogP contribution in [0.2, 0.25) is 0 Å². The van der Waals surface area contributed by atoms with E-state index >= 15 is 0 Å². The van der Waals surface area contributed by atoms with Crippen molar-refractivity contribution in [2.45, 2.75) is 6.23 Å². The number of nitrogens with one attached hydrogen (secondary N) is 1. The van der Waals surface area contributed by atoms with Crippen molar-refractivity contribution in [1.29, 1.82) is 0 Å². The van der Waals surface area contributed by atoms with Crippen molar-refractivity contribution in [3.63, 3.8) is 0 Å². The number of hydrogen-bond acceptors (Lipinski definition) is 4. The predicted molar refractivity (Wildman–Crippen MR) is 48.2 cm³/mol. The third-order valence-corrected chi connectivity index (χ3v) is 1.88. The standard InChI is InChI=1S/C7H13N3O4/c1-9-6(11)8-10(7(9)12)5(14-3)4-13-2/h5H,4H2,1-3H3,(H,8,11). The van der Waals surface area contributed by atoms with Crippen LogP contribution in [0.4, 0.5) is 0 Å². The van der Waals surface area contributed by atoms with E-state index in [1.54, 1.807) is 0 Å². The number of H-pyrrole nitrogens is 1. The molecule has 1 N–H and O–H groups in total. The molecule has 7 heteroatoms. The van der Waals surface area contributed by atoms with Crippen LogP contribution >= 0.6 is 0 Å². The fourth-order valence-electron chi connectivity index (χ4n) is 1.06. The molecule has 0 spiro atoms. The lowest BCUT2D eigenvalue weighted by Crippen LogP contribution is -2.30. The van der Waals surface area contributed by atoms with Gasteiger partial charge in [0.2, 0.25) is 0 Å². The second-order valence-corrected chi connectivity index (χ2v) is 2.77. The topological polar surface area (TPSA) is 78.2 Å². The molecule has 0 radical (unpaired) electrons. The molecule has 0 aromatic carbocycles. The van der Waals surface area contributed by atoms with Gasteiger partial charge < -0.3 is 9.47 Å². The Labute approximate surface area is 79.8 Å². The summed E-state index contributed by atoms with van der Waals surface area (Å²) in [6.45, 7) is 0.191. The average Bonchev–Trinajstić information content (AvgIpc) is 2.42. The van der Waals surface area contributed by atoms with Crippen molar-refractivity contribution in [3.8, 4) is 0 Å². The summed E-state index contributed by atoms with van der Waals surface area (Å²) < 4.78 is 11.9. The Morgan fingerprint density at radius 1 is 1.43 bits per heavy atom. The average molecular weight is 203 g/mol. The van der Waals surface area contributed by atoms with Gasteiger partial charge in [-0.15, -0.1) is 0 Å². The Morgan fingerprint density at radius 3 is 2.43 bits per heavy atom. The van der Waals surface area contributed by atoms with E-state index < -0.39 is 17.6 Å². The van der Waals surface area contributed by atoms with Crippen molar-refractivity contribution >= 4 is 0 Å². The summed E-state index contributed by atoms with van der Waals surface area (Å²) in [6.07, 6.45) is -0.610. The van der Waals surface area contributed by atoms with Crippen molar-refractivity contribution in [3.05, 3.63) is 21.0 Å². The van der Waals surface area contributed by atoms with E-state index in [4.69, 9.17) is 9.47 Å². The smallest absolute Gasteiger partial charge is 0.349 e. The summed E-state index contributed by atoms with van der Waals surface area (Å²) in [5.41, 5.74) is -0.938. The molecule has 0 saturated heterocycles. The van der Waals surface area contributed by atoms with Crippen molar-refractivity contribution in [2.75, 3.05) is 20.8 Å². The van der Waals surface area contributed by atoms with E-state index in [2.05, 4.69) is 5.10 Å². The lowest BCUT2D eigenvalue weighted by molar-refractivity contribution is -0.0285. The summed E-state index contributed by atoms with van der Waals surface area (Å²) in [5, 5.41) is 2.36. The molecule has 1 aromatic heterocycles. The Morgan fingerprint density at radius 2 is 2.07 bits per heavy atom. The van der Waals surface area contributed by atoms with E-state index in [0.29, 0.717) is 0 Å². The highest BCUT2D eigenvalue weighted by Crippen LogP contribution is 2.00. The number of hydrogen-bond donors (Lipinski definition) is 1. The van der Waals surface area contributed by atoms with E-state index in [9.17, 15) is 9.59 Å². The fraction of sp³-hybridized carbons (Fsp3) is 0.714. The highest BCUT2D eigenvalue weighted by Gasteiger charge is 2.15. The normalized spacial score (nSPS) is 13.1. The SMILES string of the molecule is COCC(OC)n1[nH]c(=O)n(C)c1=O. The molecular formula is C7H13N3O4. The third kappa shape index (κ3) is 1.78. The predicted octanol–water partition coefficient (Wildman–Crippen LogP) is -1.33. The quantitative estimate of drug-likeness (QED) is 0.657. The first-order chi connectivity index (χ1) is 6.61. The van der Waals surface area contributed by atoms with Crippen LogP contribution in [0.15, 0.2) is 9.59 Å². The first-order valence-corrected chi connectivity index (χ1v) is 4.01. The van der Waals surface area contributed by atoms with Gasteiger partial charge in [-0.25, -0.2) is 23.9 Å². The maximum absolute atomic E-state index is 11.4. The maximum atomic E-state index is 11.4. The molecule has 14 heavy (non-hydrogen) atoms. The number of nitrogens with zero attached hydrogens (tertiary/aromatic N) is 2. The summed E-state index contributed by atoms with van der Waals surface area (Å²) in [7, 11) is 4.30. The van der Waals surface area contributed by atoms with E-state index in [1.807, 2.05) is 0 Å².